The van der Waals surface area contributed by atoms with Crippen molar-refractivity contribution in [1.82, 2.24) is 9.71 Å². The van der Waals surface area contributed by atoms with E-state index in [9.17, 15) is 16.8 Å². The molecule has 20 heavy (non-hydrogen) atoms. The lowest BCUT2D eigenvalue weighted by Crippen LogP contribution is -2.31. The number of fused-ring (bicyclic) bond motifs is 1. The highest BCUT2D eigenvalue weighted by Gasteiger charge is 2.17. The van der Waals surface area contributed by atoms with Crippen molar-refractivity contribution in [1.29, 1.82) is 0 Å². The van der Waals surface area contributed by atoms with Gasteiger partial charge in [-0.15, -0.1) is 0 Å². The number of benzene rings is 1. The third kappa shape index (κ3) is 4.06. The van der Waals surface area contributed by atoms with E-state index >= 15 is 0 Å². The fraction of sp³-hybridized carbons (Fsp3) is 0.333. The average Bonchev–Trinajstić information content (AvgIpc) is 2.69. The number of sulfonamides is 1. The Morgan fingerprint density at radius 2 is 1.85 bits per heavy atom. The second-order valence-electron chi connectivity index (χ2n) is 4.66. The zero-order valence-electron chi connectivity index (χ0n) is 11.0. The number of aromatic amines is 1. The van der Waals surface area contributed by atoms with Crippen LogP contribution in [0.2, 0.25) is 0 Å². The molecule has 110 valence electrons. The van der Waals surface area contributed by atoms with E-state index in [0.29, 0.717) is 6.42 Å². The summed E-state index contributed by atoms with van der Waals surface area (Å²) >= 11 is 0. The van der Waals surface area contributed by atoms with E-state index in [0.717, 1.165) is 22.7 Å². The third-order valence-corrected chi connectivity index (χ3v) is 6.36. The van der Waals surface area contributed by atoms with E-state index in [4.69, 9.17) is 0 Å². The fourth-order valence-corrected chi connectivity index (χ4v) is 5.00. The molecule has 0 fully saturated rings. The van der Waals surface area contributed by atoms with Crippen LogP contribution in [0, 0.1) is 0 Å². The van der Waals surface area contributed by atoms with Crippen molar-refractivity contribution in [2.75, 3.05) is 17.9 Å². The first-order valence-electron chi connectivity index (χ1n) is 5.97. The Bertz CT molecular complexity index is 807. The maximum Gasteiger partial charge on any atom is 0.226 e. The Labute approximate surface area is 118 Å². The molecule has 2 aromatic rings. The van der Waals surface area contributed by atoms with Gasteiger partial charge in [-0.25, -0.2) is 21.6 Å². The molecule has 0 aliphatic carbocycles. The van der Waals surface area contributed by atoms with Crippen LogP contribution in [0.15, 0.2) is 30.5 Å². The molecule has 6 nitrogen and oxygen atoms in total. The van der Waals surface area contributed by atoms with Gasteiger partial charge >= 0.3 is 0 Å². The molecule has 0 radical (unpaired) electrons. The van der Waals surface area contributed by atoms with Crippen molar-refractivity contribution in [2.24, 2.45) is 0 Å². The molecule has 2 N–H and O–H groups in total. The van der Waals surface area contributed by atoms with Gasteiger partial charge in [0.1, 0.15) is 0 Å². The topological polar surface area (TPSA) is 96.1 Å². The van der Waals surface area contributed by atoms with Crippen LogP contribution in [0.25, 0.3) is 10.9 Å². The zero-order chi connectivity index (χ0) is 14.8. The highest BCUT2D eigenvalue weighted by Crippen LogP contribution is 2.17. The first-order chi connectivity index (χ1) is 9.27. The predicted molar refractivity (Wildman–Crippen MR) is 78.6 cm³/mol. The number of hydrogen-bond acceptors (Lipinski definition) is 4. The Hall–Kier alpha value is -1.38. The van der Waals surface area contributed by atoms with Gasteiger partial charge in [0.05, 0.1) is 0 Å². The summed E-state index contributed by atoms with van der Waals surface area (Å²) < 4.78 is 47.4. The van der Waals surface area contributed by atoms with Crippen molar-refractivity contribution >= 4 is 30.8 Å². The Morgan fingerprint density at radius 3 is 2.55 bits per heavy atom. The number of nitrogens with one attached hydrogen (secondary N) is 2. The van der Waals surface area contributed by atoms with E-state index in [-0.39, 0.29) is 6.54 Å². The van der Waals surface area contributed by atoms with Crippen molar-refractivity contribution in [2.45, 2.75) is 6.42 Å². The standard InChI is InChI=1S/C12H16N2O4S2/c1-19(15,16)9-20(17,18)14-7-6-10-8-13-12-5-3-2-4-11(10)12/h2-5,8,13-14H,6-7,9H2,1H3. The molecule has 1 heterocycles. The van der Waals surface area contributed by atoms with Gasteiger partial charge in [-0.1, -0.05) is 18.2 Å². The summed E-state index contributed by atoms with van der Waals surface area (Å²) in [4.78, 5) is 3.10. The monoisotopic (exact) mass is 316 g/mol. The molecule has 0 atom stereocenters. The minimum Gasteiger partial charge on any atom is -0.361 e. The maximum atomic E-state index is 11.5. The van der Waals surface area contributed by atoms with Crippen LogP contribution in [-0.2, 0) is 26.3 Å². The lowest BCUT2D eigenvalue weighted by atomic mass is 10.1. The molecule has 0 unspecified atom stereocenters. The third-order valence-electron chi connectivity index (χ3n) is 2.76. The zero-order valence-corrected chi connectivity index (χ0v) is 12.6. The van der Waals surface area contributed by atoms with Gasteiger partial charge in [0.2, 0.25) is 10.0 Å². The van der Waals surface area contributed by atoms with Gasteiger partial charge in [-0.05, 0) is 18.1 Å². The molecule has 0 bridgehead atoms. The molecule has 0 spiro atoms. The smallest absolute Gasteiger partial charge is 0.226 e. The Balaban J connectivity index is 2.00. The second kappa shape index (κ2) is 5.55. The molecule has 1 aromatic heterocycles. The van der Waals surface area contributed by atoms with Gasteiger partial charge in [-0.2, -0.15) is 0 Å². The lowest BCUT2D eigenvalue weighted by Gasteiger charge is -2.05. The van der Waals surface area contributed by atoms with Crippen LogP contribution in [0.1, 0.15) is 5.56 Å². The van der Waals surface area contributed by atoms with Crippen LogP contribution in [-0.4, -0.2) is 39.7 Å². The van der Waals surface area contributed by atoms with Crippen molar-refractivity contribution in [3.63, 3.8) is 0 Å². The summed E-state index contributed by atoms with van der Waals surface area (Å²) in [5.41, 5.74) is 1.98. The summed E-state index contributed by atoms with van der Waals surface area (Å²) in [5.74, 6) is 0. The van der Waals surface area contributed by atoms with E-state index in [1.54, 1.807) is 0 Å². The maximum absolute atomic E-state index is 11.5. The lowest BCUT2D eigenvalue weighted by molar-refractivity contribution is 0.581. The highest BCUT2D eigenvalue weighted by atomic mass is 32.3. The number of sulfone groups is 1. The fourth-order valence-electron chi connectivity index (χ4n) is 2.00. The first kappa shape index (κ1) is 15.0. The molecule has 0 aliphatic rings. The normalized spacial score (nSPS) is 12.8. The summed E-state index contributed by atoms with van der Waals surface area (Å²) in [6.45, 7) is 0.166. The van der Waals surface area contributed by atoms with Crippen LogP contribution in [0.5, 0.6) is 0 Å². The van der Waals surface area contributed by atoms with Crippen LogP contribution < -0.4 is 4.72 Å². The van der Waals surface area contributed by atoms with Crippen LogP contribution >= 0.6 is 0 Å². The Morgan fingerprint density at radius 1 is 1.15 bits per heavy atom. The van der Waals surface area contributed by atoms with Gasteiger partial charge in [0, 0.05) is 29.9 Å². The number of para-hydroxylation sites is 1. The van der Waals surface area contributed by atoms with E-state index in [1.165, 1.54) is 0 Å². The van der Waals surface area contributed by atoms with Gasteiger partial charge in [0.15, 0.2) is 14.9 Å². The Kier molecular flexibility index (Phi) is 4.17. The van der Waals surface area contributed by atoms with Gasteiger partial charge in [0.25, 0.3) is 0 Å². The van der Waals surface area contributed by atoms with Gasteiger partial charge in [-0.3, -0.25) is 0 Å². The molecule has 8 heteroatoms. The SMILES string of the molecule is CS(=O)(=O)CS(=O)(=O)NCCc1c[nH]c2ccccc12. The van der Waals surface area contributed by atoms with E-state index < -0.39 is 24.9 Å². The predicted octanol–water partition coefficient (Wildman–Crippen LogP) is 0.632. The number of rotatable bonds is 6. The molecule has 1 aromatic carbocycles. The minimum absolute atomic E-state index is 0.166. The largest absolute Gasteiger partial charge is 0.361 e. The molecule has 0 saturated carbocycles. The van der Waals surface area contributed by atoms with Crippen molar-refractivity contribution < 1.29 is 16.8 Å². The first-order valence-corrected chi connectivity index (χ1v) is 9.68. The molecule has 2 rings (SSSR count). The van der Waals surface area contributed by atoms with E-state index in [2.05, 4.69) is 9.71 Å². The average molecular weight is 316 g/mol. The quantitative estimate of drug-likeness (QED) is 0.817. The van der Waals surface area contributed by atoms with Gasteiger partial charge < -0.3 is 4.98 Å². The van der Waals surface area contributed by atoms with Crippen molar-refractivity contribution in [3.05, 3.63) is 36.0 Å². The van der Waals surface area contributed by atoms with Crippen LogP contribution in [0.3, 0.4) is 0 Å². The molecule has 0 aliphatic heterocycles. The highest BCUT2D eigenvalue weighted by molar-refractivity contribution is 8.06. The van der Waals surface area contributed by atoms with E-state index in [1.807, 2.05) is 30.5 Å². The summed E-state index contributed by atoms with van der Waals surface area (Å²) in [5, 5.41) is 0.156. The molecule has 0 amide bonds. The molecular formula is C12H16N2O4S2. The van der Waals surface area contributed by atoms with Crippen molar-refractivity contribution in [3.8, 4) is 0 Å². The van der Waals surface area contributed by atoms with Crippen LogP contribution in [0.4, 0.5) is 0 Å². The second-order valence-corrected chi connectivity index (χ2v) is 8.97. The number of H-pyrrole nitrogens is 1. The minimum atomic E-state index is -3.79. The molecule has 0 saturated heterocycles. The number of hydrogen-bond donors (Lipinski definition) is 2. The summed E-state index contributed by atoms with van der Waals surface area (Å²) in [6, 6.07) is 7.71. The summed E-state index contributed by atoms with van der Waals surface area (Å²) in [6.07, 6.45) is 3.22. The number of aromatic nitrogens is 1. The summed E-state index contributed by atoms with van der Waals surface area (Å²) in [7, 11) is -7.35. The molecular weight excluding hydrogens is 300 g/mol.